The van der Waals surface area contributed by atoms with Gasteiger partial charge in [-0.15, -0.1) is 11.6 Å². The molecule has 0 amide bonds. The molecule has 0 saturated carbocycles. The largest absolute Gasteiger partial charge is 0.265 e. The van der Waals surface area contributed by atoms with Crippen molar-refractivity contribution in [1.82, 2.24) is 4.98 Å². The summed E-state index contributed by atoms with van der Waals surface area (Å²) in [5.74, 6) is 0.175. The highest BCUT2D eigenvalue weighted by atomic mass is 79.9. The number of aromatic nitrogens is 1. The first kappa shape index (κ1) is 9.86. The molecule has 0 aliphatic carbocycles. The van der Waals surface area contributed by atoms with E-state index in [1.165, 1.54) is 6.07 Å². The van der Waals surface area contributed by atoms with Crippen LogP contribution in [-0.2, 0) is 5.88 Å². The fraction of sp³-hybridized carbons (Fsp3) is 0.286. The maximum Gasteiger partial charge on any atom is 0.265 e. The van der Waals surface area contributed by atoms with E-state index in [0.29, 0.717) is 10.2 Å². The Balaban J connectivity index is 3.05. The fourth-order valence-electron chi connectivity index (χ4n) is 0.725. The minimum Gasteiger partial charge on any atom is -0.249 e. The van der Waals surface area contributed by atoms with Crippen LogP contribution in [0, 0.1) is 0 Å². The van der Waals surface area contributed by atoms with Crippen molar-refractivity contribution < 1.29 is 8.78 Å². The Kier molecular flexibility index (Phi) is 3.40. The second kappa shape index (κ2) is 4.14. The minimum absolute atomic E-state index is 0.103. The number of halogens is 4. The van der Waals surface area contributed by atoms with Crippen molar-refractivity contribution >= 4 is 27.5 Å². The fourth-order valence-corrected chi connectivity index (χ4v) is 1.45. The number of nitrogens with zero attached hydrogens (tertiary/aromatic N) is 1. The van der Waals surface area contributed by atoms with Crippen molar-refractivity contribution in [2.24, 2.45) is 0 Å². The van der Waals surface area contributed by atoms with Gasteiger partial charge in [0.25, 0.3) is 6.43 Å². The third kappa shape index (κ3) is 2.14. The molecule has 0 aliphatic rings. The van der Waals surface area contributed by atoms with Crippen molar-refractivity contribution in [2.45, 2.75) is 12.3 Å². The first-order valence-corrected chi connectivity index (χ1v) is 4.46. The summed E-state index contributed by atoms with van der Waals surface area (Å²) in [4.78, 5) is 3.72. The number of hydrogen-bond acceptors (Lipinski definition) is 1. The van der Waals surface area contributed by atoms with Gasteiger partial charge in [0.15, 0.2) is 0 Å². The zero-order valence-corrected chi connectivity index (χ0v) is 8.24. The Morgan fingerprint density at radius 1 is 1.58 bits per heavy atom. The molecule has 0 aliphatic heterocycles. The summed E-state index contributed by atoms with van der Waals surface area (Å²) < 4.78 is 24.7. The summed E-state index contributed by atoms with van der Waals surface area (Å²) in [6, 6.07) is 1.34. The molecule has 1 aromatic heterocycles. The van der Waals surface area contributed by atoms with Crippen molar-refractivity contribution in [2.75, 3.05) is 0 Å². The molecule has 0 atom stereocenters. The van der Waals surface area contributed by atoms with E-state index < -0.39 is 6.43 Å². The lowest BCUT2D eigenvalue weighted by Gasteiger charge is -2.02. The highest BCUT2D eigenvalue weighted by Gasteiger charge is 2.09. The van der Waals surface area contributed by atoms with Gasteiger partial charge in [0.2, 0.25) is 0 Å². The molecule has 0 aromatic carbocycles. The molecule has 1 aromatic rings. The van der Waals surface area contributed by atoms with Crippen LogP contribution >= 0.6 is 27.5 Å². The Bertz CT molecular complexity index is 280. The lowest BCUT2D eigenvalue weighted by atomic mass is 10.2. The lowest BCUT2D eigenvalue weighted by molar-refractivity contribution is 0.151. The second-order valence-corrected chi connectivity index (χ2v) is 3.17. The van der Waals surface area contributed by atoms with Crippen LogP contribution in [0.5, 0.6) is 0 Å². The number of rotatable bonds is 2. The summed E-state index contributed by atoms with van der Waals surface area (Å²) in [5.41, 5.74) is 0.475. The van der Waals surface area contributed by atoms with E-state index in [1.54, 1.807) is 0 Å². The predicted octanol–water partition coefficient (Wildman–Crippen LogP) is 3.52. The summed E-state index contributed by atoms with van der Waals surface area (Å²) in [5, 5.41) is 0. The average molecular weight is 256 g/mol. The van der Waals surface area contributed by atoms with Gasteiger partial charge in [-0.3, -0.25) is 0 Å². The smallest absolute Gasteiger partial charge is 0.249 e. The lowest BCUT2D eigenvalue weighted by Crippen LogP contribution is -1.91. The van der Waals surface area contributed by atoms with Crippen molar-refractivity contribution in [3.8, 4) is 0 Å². The maximum absolute atomic E-state index is 12.1. The first-order chi connectivity index (χ1) is 5.65. The molecule has 5 heteroatoms. The topological polar surface area (TPSA) is 12.9 Å². The Morgan fingerprint density at radius 3 is 2.75 bits per heavy atom. The number of pyridine rings is 1. The number of hydrogen-bond donors (Lipinski definition) is 0. The second-order valence-electron chi connectivity index (χ2n) is 2.15. The van der Waals surface area contributed by atoms with Crippen molar-refractivity contribution in [1.29, 1.82) is 0 Å². The van der Waals surface area contributed by atoms with Crippen molar-refractivity contribution in [3.05, 3.63) is 28.0 Å². The van der Waals surface area contributed by atoms with Gasteiger partial charge in [-0.25, -0.2) is 13.8 Å². The molecular formula is C7H5BrClF2N. The molecule has 0 unspecified atom stereocenters. The van der Waals surface area contributed by atoms with Crippen LogP contribution in [-0.4, -0.2) is 4.98 Å². The highest BCUT2D eigenvalue weighted by molar-refractivity contribution is 9.10. The van der Waals surface area contributed by atoms with Crippen LogP contribution in [0.2, 0.25) is 0 Å². The zero-order valence-electron chi connectivity index (χ0n) is 5.90. The van der Waals surface area contributed by atoms with Gasteiger partial charge in [0.1, 0.15) is 4.60 Å². The van der Waals surface area contributed by atoms with E-state index in [1.807, 2.05) is 0 Å². The van der Waals surface area contributed by atoms with E-state index in [4.69, 9.17) is 11.6 Å². The molecule has 12 heavy (non-hydrogen) atoms. The molecule has 0 N–H and O–H groups in total. The Morgan fingerprint density at radius 2 is 2.25 bits per heavy atom. The van der Waals surface area contributed by atoms with Gasteiger partial charge < -0.3 is 0 Å². The van der Waals surface area contributed by atoms with Crippen LogP contribution < -0.4 is 0 Å². The van der Waals surface area contributed by atoms with E-state index in [2.05, 4.69) is 20.9 Å². The minimum atomic E-state index is -2.49. The van der Waals surface area contributed by atoms with E-state index >= 15 is 0 Å². The summed E-state index contributed by atoms with van der Waals surface area (Å²) >= 11 is 8.59. The van der Waals surface area contributed by atoms with Gasteiger partial charge in [-0.2, -0.15) is 0 Å². The zero-order chi connectivity index (χ0) is 9.14. The summed E-state index contributed by atoms with van der Waals surface area (Å²) in [6.07, 6.45) is -1.36. The first-order valence-electron chi connectivity index (χ1n) is 3.13. The molecule has 0 bridgehead atoms. The monoisotopic (exact) mass is 255 g/mol. The van der Waals surface area contributed by atoms with Gasteiger partial charge in [-0.05, 0) is 22.0 Å². The molecule has 0 fully saturated rings. The molecule has 1 nitrogen and oxygen atoms in total. The highest BCUT2D eigenvalue weighted by Crippen LogP contribution is 2.23. The third-order valence-corrected chi connectivity index (χ3v) is 2.33. The molecule has 66 valence electrons. The Labute approximate surface area is 81.9 Å². The quantitative estimate of drug-likeness (QED) is 0.583. The predicted molar refractivity (Wildman–Crippen MR) is 46.5 cm³/mol. The third-order valence-electron chi connectivity index (χ3n) is 1.33. The van der Waals surface area contributed by atoms with Crippen LogP contribution in [0.3, 0.4) is 0 Å². The standard InChI is InChI=1S/C7H5BrClF2N/c8-6-4(2-9)1-5(3-12-6)7(10)11/h1,3,7H,2H2. The van der Waals surface area contributed by atoms with E-state index in [-0.39, 0.29) is 11.4 Å². The molecule has 1 heterocycles. The average Bonchev–Trinajstić information content (AvgIpc) is 2.05. The number of alkyl halides is 3. The molecule has 0 radical (unpaired) electrons. The van der Waals surface area contributed by atoms with Gasteiger partial charge >= 0.3 is 0 Å². The van der Waals surface area contributed by atoms with Crippen molar-refractivity contribution in [3.63, 3.8) is 0 Å². The summed E-state index contributed by atoms with van der Waals surface area (Å²) in [7, 11) is 0. The molecule has 0 saturated heterocycles. The maximum atomic E-state index is 12.1. The van der Waals surface area contributed by atoms with Crippen LogP contribution in [0.15, 0.2) is 16.9 Å². The normalized spacial score (nSPS) is 10.8. The van der Waals surface area contributed by atoms with Gasteiger partial charge in [-0.1, -0.05) is 0 Å². The van der Waals surface area contributed by atoms with Crippen LogP contribution in [0.4, 0.5) is 8.78 Å². The van der Waals surface area contributed by atoms with E-state index in [9.17, 15) is 8.78 Å². The van der Waals surface area contributed by atoms with Gasteiger partial charge in [0.05, 0.1) is 5.88 Å². The SMILES string of the molecule is FC(F)c1cnc(Br)c(CCl)c1. The summed E-state index contributed by atoms with van der Waals surface area (Å²) in [6.45, 7) is 0. The van der Waals surface area contributed by atoms with E-state index in [0.717, 1.165) is 6.20 Å². The molecule has 0 spiro atoms. The Hall–Kier alpha value is -0.220. The molecule has 1 rings (SSSR count). The van der Waals surface area contributed by atoms with Gasteiger partial charge in [0, 0.05) is 17.3 Å². The molecular weight excluding hydrogens is 251 g/mol. The van der Waals surface area contributed by atoms with Crippen LogP contribution in [0.1, 0.15) is 17.6 Å². The van der Waals surface area contributed by atoms with Crippen LogP contribution in [0.25, 0.3) is 0 Å².